The molecule has 0 unspecified atom stereocenters. The Morgan fingerprint density at radius 3 is 2.41 bits per heavy atom. The molecule has 1 aliphatic heterocycles. The molecule has 2 aromatic carbocycles. The zero-order valence-corrected chi connectivity index (χ0v) is 21.3. The highest BCUT2D eigenvalue weighted by Gasteiger charge is 2.31. The number of carbonyl (C=O) groups is 1. The number of alkyl halides is 3. The number of rotatable bonds is 8. The Balaban J connectivity index is 1.38. The summed E-state index contributed by atoms with van der Waals surface area (Å²) in [7, 11) is 0. The van der Waals surface area contributed by atoms with Gasteiger partial charge in [0, 0.05) is 50.0 Å². The van der Waals surface area contributed by atoms with Crippen LogP contribution in [0.2, 0.25) is 0 Å². The first-order chi connectivity index (χ1) is 17.7. The van der Waals surface area contributed by atoms with Gasteiger partial charge in [-0.15, -0.1) is 0 Å². The molecule has 1 aliphatic rings. The zero-order valence-electron chi connectivity index (χ0n) is 21.3. The number of piperidine rings is 1. The number of benzene rings is 2. The predicted molar refractivity (Wildman–Crippen MR) is 138 cm³/mol. The van der Waals surface area contributed by atoms with E-state index in [0.717, 1.165) is 61.4 Å². The first-order valence-electron chi connectivity index (χ1n) is 12.8. The van der Waals surface area contributed by atoms with Gasteiger partial charge in [-0.2, -0.15) is 13.2 Å². The molecule has 6 nitrogen and oxygen atoms in total. The number of nitrogens with one attached hydrogen (secondary N) is 2. The maximum atomic E-state index is 13.0. The van der Waals surface area contributed by atoms with Crippen LogP contribution in [0.3, 0.4) is 0 Å². The van der Waals surface area contributed by atoms with Crippen LogP contribution in [0.25, 0.3) is 11.4 Å². The van der Waals surface area contributed by atoms with Crippen molar-refractivity contribution in [3.8, 4) is 11.4 Å². The maximum absolute atomic E-state index is 13.0. The Morgan fingerprint density at radius 2 is 1.78 bits per heavy atom. The molecule has 0 saturated carbocycles. The number of aromatic amines is 1. The summed E-state index contributed by atoms with van der Waals surface area (Å²) in [6, 6.07) is 15.2. The number of hydrogen-bond acceptors (Lipinski definition) is 3. The van der Waals surface area contributed by atoms with Crippen LogP contribution in [0.15, 0.2) is 54.6 Å². The van der Waals surface area contributed by atoms with E-state index in [2.05, 4.69) is 20.2 Å². The van der Waals surface area contributed by atoms with Crippen molar-refractivity contribution in [1.29, 1.82) is 0 Å². The van der Waals surface area contributed by atoms with E-state index in [4.69, 9.17) is 0 Å². The monoisotopic (exact) mass is 513 g/mol. The van der Waals surface area contributed by atoms with Gasteiger partial charge >= 0.3 is 12.2 Å². The molecule has 198 valence electrons. The Kier molecular flexibility index (Phi) is 8.53. The molecule has 1 fully saturated rings. The summed E-state index contributed by atoms with van der Waals surface area (Å²) < 4.78 is 38.6. The van der Waals surface area contributed by atoms with Crippen LogP contribution in [0.1, 0.15) is 48.7 Å². The van der Waals surface area contributed by atoms with Crippen LogP contribution >= 0.6 is 0 Å². The van der Waals surface area contributed by atoms with E-state index in [1.54, 1.807) is 0 Å². The summed E-state index contributed by atoms with van der Waals surface area (Å²) in [4.78, 5) is 25.1. The van der Waals surface area contributed by atoms with Gasteiger partial charge in [-0.3, -0.25) is 4.90 Å². The van der Waals surface area contributed by atoms with E-state index >= 15 is 0 Å². The van der Waals surface area contributed by atoms with Gasteiger partial charge in [0.05, 0.1) is 11.3 Å². The van der Waals surface area contributed by atoms with Crippen molar-refractivity contribution < 1.29 is 18.0 Å². The molecule has 37 heavy (non-hydrogen) atoms. The number of aromatic nitrogens is 2. The highest BCUT2D eigenvalue weighted by molar-refractivity contribution is 5.74. The van der Waals surface area contributed by atoms with Gasteiger partial charge < -0.3 is 15.2 Å². The Labute approximate surface area is 215 Å². The molecule has 4 rings (SSSR count). The molecule has 2 N–H and O–H groups in total. The molecule has 2 heterocycles. The van der Waals surface area contributed by atoms with Gasteiger partial charge in [-0.1, -0.05) is 49.4 Å². The van der Waals surface area contributed by atoms with Crippen molar-refractivity contribution >= 4 is 6.03 Å². The molecule has 0 radical (unpaired) electrons. The lowest BCUT2D eigenvalue weighted by atomic mass is 10.0. The second-order valence-electron chi connectivity index (χ2n) is 9.58. The fraction of sp³-hybridized carbons (Fsp3) is 0.429. The molecule has 0 bridgehead atoms. The maximum Gasteiger partial charge on any atom is 0.416 e. The zero-order chi connectivity index (χ0) is 26.4. The van der Waals surface area contributed by atoms with Crippen molar-refractivity contribution in [3.05, 3.63) is 77.1 Å². The van der Waals surface area contributed by atoms with E-state index in [1.807, 2.05) is 49.1 Å². The van der Waals surface area contributed by atoms with Crippen LogP contribution in [-0.4, -0.2) is 51.5 Å². The molecule has 0 spiro atoms. The summed E-state index contributed by atoms with van der Waals surface area (Å²) >= 11 is 0. The number of H-pyrrole nitrogens is 1. The quantitative estimate of drug-likeness (QED) is 0.389. The highest BCUT2D eigenvalue weighted by atomic mass is 19.4. The number of likely N-dealkylation sites (tertiary alicyclic amines) is 1. The molecule has 0 aliphatic carbocycles. The normalized spacial score (nSPS) is 15.1. The van der Waals surface area contributed by atoms with Gasteiger partial charge in [0.2, 0.25) is 0 Å². The molecular weight excluding hydrogens is 479 g/mol. The number of nitrogens with zero attached hydrogens (tertiary/aromatic N) is 3. The first kappa shape index (κ1) is 26.7. The van der Waals surface area contributed by atoms with Gasteiger partial charge in [0.1, 0.15) is 5.82 Å². The summed E-state index contributed by atoms with van der Waals surface area (Å²) in [6.45, 7) is 7.52. The number of hydrogen-bond donors (Lipinski definition) is 2. The van der Waals surface area contributed by atoms with E-state index in [-0.39, 0.29) is 12.1 Å². The summed E-state index contributed by atoms with van der Waals surface area (Å²) in [6.07, 6.45) is -1.74. The minimum Gasteiger partial charge on any atom is -0.342 e. The molecule has 9 heteroatoms. The van der Waals surface area contributed by atoms with Crippen LogP contribution < -0.4 is 5.32 Å². The summed E-state index contributed by atoms with van der Waals surface area (Å²) in [5.74, 6) is 0.567. The first-order valence-corrected chi connectivity index (χ1v) is 12.8. The van der Waals surface area contributed by atoms with Crippen LogP contribution in [-0.2, 0) is 19.3 Å². The number of carbonyl (C=O) groups excluding carboxylic acids is 1. The van der Waals surface area contributed by atoms with E-state index in [0.29, 0.717) is 31.0 Å². The topological polar surface area (TPSA) is 64.3 Å². The van der Waals surface area contributed by atoms with Crippen molar-refractivity contribution in [2.45, 2.75) is 58.4 Å². The Bertz CT molecular complexity index is 1150. The number of aryl methyl sites for hydroxylation is 1. The standard InChI is InChI=1S/C28H34F3N5O/c1-3-15-32-27(37)36(18-21-7-5-4-6-8-21)24-13-16-35(17-14-24)19-25-20(2)33-26(34-25)22-9-11-23(12-10-22)28(29,30)31/h4-12,24H,3,13-19H2,1-2H3,(H,32,37)(H,33,34). The second kappa shape index (κ2) is 11.8. The molecule has 1 saturated heterocycles. The summed E-state index contributed by atoms with van der Waals surface area (Å²) in [5, 5.41) is 3.04. The molecule has 0 atom stereocenters. The molecule has 1 aromatic heterocycles. The lowest BCUT2D eigenvalue weighted by Gasteiger charge is -2.38. The van der Waals surface area contributed by atoms with Crippen LogP contribution in [0, 0.1) is 6.92 Å². The third-order valence-corrected chi connectivity index (χ3v) is 6.83. The van der Waals surface area contributed by atoms with Gasteiger partial charge in [0.25, 0.3) is 0 Å². The third-order valence-electron chi connectivity index (χ3n) is 6.83. The van der Waals surface area contributed by atoms with Gasteiger partial charge in [0.15, 0.2) is 0 Å². The Hall–Kier alpha value is -3.33. The predicted octanol–water partition coefficient (Wildman–Crippen LogP) is 5.99. The lowest BCUT2D eigenvalue weighted by Crippen LogP contribution is -2.50. The average molecular weight is 514 g/mol. The highest BCUT2D eigenvalue weighted by Crippen LogP contribution is 2.31. The van der Waals surface area contributed by atoms with Crippen molar-refractivity contribution in [1.82, 2.24) is 25.1 Å². The fourth-order valence-corrected chi connectivity index (χ4v) is 4.69. The Morgan fingerprint density at radius 1 is 1.11 bits per heavy atom. The average Bonchev–Trinajstić information content (AvgIpc) is 3.26. The van der Waals surface area contributed by atoms with Crippen molar-refractivity contribution in [2.75, 3.05) is 19.6 Å². The number of halogens is 3. The van der Waals surface area contributed by atoms with Crippen molar-refractivity contribution in [3.63, 3.8) is 0 Å². The fourth-order valence-electron chi connectivity index (χ4n) is 4.69. The number of imidazole rings is 1. The van der Waals surface area contributed by atoms with Gasteiger partial charge in [-0.05, 0) is 43.9 Å². The second-order valence-corrected chi connectivity index (χ2v) is 9.58. The summed E-state index contributed by atoms with van der Waals surface area (Å²) in [5.41, 5.74) is 2.85. The third kappa shape index (κ3) is 6.91. The lowest BCUT2D eigenvalue weighted by molar-refractivity contribution is -0.137. The van der Waals surface area contributed by atoms with E-state index in [1.165, 1.54) is 12.1 Å². The largest absolute Gasteiger partial charge is 0.416 e. The number of urea groups is 1. The smallest absolute Gasteiger partial charge is 0.342 e. The molecule has 2 amide bonds. The molecular formula is C28H34F3N5O. The van der Waals surface area contributed by atoms with E-state index in [9.17, 15) is 18.0 Å². The number of amides is 2. The van der Waals surface area contributed by atoms with E-state index < -0.39 is 11.7 Å². The minimum atomic E-state index is -4.36. The van der Waals surface area contributed by atoms with Crippen molar-refractivity contribution in [2.24, 2.45) is 0 Å². The van der Waals surface area contributed by atoms with Crippen LogP contribution in [0.4, 0.5) is 18.0 Å². The minimum absolute atomic E-state index is 0.0199. The van der Waals surface area contributed by atoms with Gasteiger partial charge in [-0.25, -0.2) is 9.78 Å². The van der Waals surface area contributed by atoms with Crippen LogP contribution in [0.5, 0.6) is 0 Å². The molecule has 3 aromatic rings. The SMILES string of the molecule is CCCNC(=O)N(Cc1ccccc1)C1CCN(Cc2nc(-c3ccc(C(F)(F)F)cc3)[nH]c2C)CC1.